The maximum atomic E-state index is 10.9. The number of carboxylic acids is 1. The first-order chi connectivity index (χ1) is 8.19. The molecule has 0 spiro atoms. The van der Waals surface area contributed by atoms with E-state index in [9.17, 15) is 4.79 Å². The highest BCUT2D eigenvalue weighted by Crippen LogP contribution is 2.05. The van der Waals surface area contributed by atoms with E-state index in [0.717, 1.165) is 12.0 Å². The second-order valence-electron chi connectivity index (χ2n) is 3.68. The van der Waals surface area contributed by atoms with Crippen LogP contribution in [-0.4, -0.2) is 22.1 Å². The number of aliphatic carboxylic acids is 1. The predicted molar refractivity (Wildman–Crippen MR) is 62.1 cm³/mol. The van der Waals surface area contributed by atoms with Gasteiger partial charge in [0, 0.05) is 18.3 Å². The van der Waals surface area contributed by atoms with Crippen LogP contribution in [0.1, 0.15) is 31.0 Å². The predicted octanol–water partition coefficient (Wildman–Crippen LogP) is 1.30. The molecular weight excluding hydrogens is 218 g/mol. The topological polar surface area (TPSA) is 86.0 Å². The van der Waals surface area contributed by atoms with Crippen molar-refractivity contribution in [1.82, 2.24) is 10.3 Å². The molecule has 17 heavy (non-hydrogen) atoms. The first-order valence-corrected chi connectivity index (χ1v) is 5.49. The van der Waals surface area contributed by atoms with Crippen molar-refractivity contribution in [2.24, 2.45) is 0 Å². The van der Waals surface area contributed by atoms with Crippen LogP contribution >= 0.6 is 0 Å². The molecule has 1 atom stereocenters. The number of carbonyl (C=O) groups is 1. The molecule has 1 aromatic heterocycles. The Hall–Kier alpha value is -1.93. The van der Waals surface area contributed by atoms with Gasteiger partial charge in [-0.1, -0.05) is 19.4 Å². The van der Waals surface area contributed by atoms with Crippen LogP contribution in [0.5, 0.6) is 0 Å². The highest BCUT2D eigenvalue weighted by atomic mass is 16.4. The highest BCUT2D eigenvalue weighted by molar-refractivity contribution is 5.73. The number of hydrogen-bond acceptors (Lipinski definition) is 4. The van der Waals surface area contributed by atoms with Crippen molar-refractivity contribution in [2.75, 3.05) is 0 Å². The minimum absolute atomic E-state index is 0.334. The summed E-state index contributed by atoms with van der Waals surface area (Å²) in [4.78, 5) is 14.8. The SMILES string of the molecule is CCCC(NCc1cccnc1C#N)C(=O)O. The van der Waals surface area contributed by atoms with Gasteiger partial charge in [-0.25, -0.2) is 4.98 Å². The lowest BCUT2D eigenvalue weighted by Crippen LogP contribution is -2.36. The molecule has 1 unspecified atom stereocenters. The van der Waals surface area contributed by atoms with Gasteiger partial charge < -0.3 is 10.4 Å². The molecule has 1 heterocycles. The second kappa shape index (κ2) is 6.61. The average molecular weight is 233 g/mol. The number of pyridine rings is 1. The van der Waals surface area contributed by atoms with Crippen molar-refractivity contribution in [3.8, 4) is 6.07 Å². The summed E-state index contributed by atoms with van der Waals surface area (Å²) in [6, 6.07) is 4.90. The van der Waals surface area contributed by atoms with Crippen molar-refractivity contribution in [3.05, 3.63) is 29.6 Å². The first-order valence-electron chi connectivity index (χ1n) is 5.49. The van der Waals surface area contributed by atoms with Crippen LogP contribution < -0.4 is 5.32 Å². The summed E-state index contributed by atoms with van der Waals surface area (Å²) >= 11 is 0. The van der Waals surface area contributed by atoms with E-state index < -0.39 is 12.0 Å². The zero-order chi connectivity index (χ0) is 12.7. The van der Waals surface area contributed by atoms with E-state index in [1.54, 1.807) is 18.3 Å². The Balaban J connectivity index is 2.65. The highest BCUT2D eigenvalue weighted by Gasteiger charge is 2.15. The van der Waals surface area contributed by atoms with Crippen molar-refractivity contribution in [3.63, 3.8) is 0 Å². The Bertz CT molecular complexity index is 426. The molecule has 0 amide bonds. The molecule has 0 aliphatic rings. The largest absolute Gasteiger partial charge is 0.480 e. The van der Waals surface area contributed by atoms with Gasteiger partial charge in [0.05, 0.1) is 0 Å². The van der Waals surface area contributed by atoms with Gasteiger partial charge in [0.2, 0.25) is 0 Å². The van der Waals surface area contributed by atoms with E-state index in [0.29, 0.717) is 18.7 Å². The molecule has 1 aromatic rings. The molecule has 90 valence electrons. The second-order valence-corrected chi connectivity index (χ2v) is 3.68. The van der Waals surface area contributed by atoms with Gasteiger partial charge in [-0.15, -0.1) is 0 Å². The molecule has 0 fully saturated rings. The summed E-state index contributed by atoms with van der Waals surface area (Å²) in [5.41, 5.74) is 1.05. The molecule has 0 saturated heterocycles. The third kappa shape index (κ3) is 3.85. The van der Waals surface area contributed by atoms with Crippen LogP contribution in [0.2, 0.25) is 0 Å². The van der Waals surface area contributed by atoms with E-state index in [4.69, 9.17) is 10.4 Å². The fourth-order valence-corrected chi connectivity index (χ4v) is 1.52. The van der Waals surface area contributed by atoms with Crippen LogP contribution in [0.15, 0.2) is 18.3 Å². The Morgan fingerprint density at radius 1 is 1.71 bits per heavy atom. The molecule has 0 aliphatic carbocycles. The van der Waals surface area contributed by atoms with E-state index in [-0.39, 0.29) is 0 Å². The summed E-state index contributed by atoms with van der Waals surface area (Å²) < 4.78 is 0. The van der Waals surface area contributed by atoms with Crippen molar-refractivity contribution >= 4 is 5.97 Å². The smallest absolute Gasteiger partial charge is 0.320 e. The molecule has 0 bridgehead atoms. The molecule has 0 aliphatic heterocycles. The number of hydrogen-bond donors (Lipinski definition) is 2. The number of aromatic nitrogens is 1. The van der Waals surface area contributed by atoms with Crippen LogP contribution in [-0.2, 0) is 11.3 Å². The van der Waals surface area contributed by atoms with Gasteiger partial charge in [0.15, 0.2) is 0 Å². The number of carboxylic acid groups (broad SMARTS) is 1. The van der Waals surface area contributed by atoms with Gasteiger partial charge in [0.25, 0.3) is 0 Å². The minimum Gasteiger partial charge on any atom is -0.480 e. The van der Waals surface area contributed by atoms with E-state index in [2.05, 4.69) is 10.3 Å². The molecule has 5 nitrogen and oxygen atoms in total. The summed E-state index contributed by atoms with van der Waals surface area (Å²) in [6.07, 6.45) is 2.91. The Kier molecular flexibility index (Phi) is 5.11. The van der Waals surface area contributed by atoms with Gasteiger partial charge in [-0.05, 0) is 12.5 Å². The Labute approximate surface area is 100 Å². The summed E-state index contributed by atoms with van der Waals surface area (Å²) in [6.45, 7) is 2.27. The van der Waals surface area contributed by atoms with Gasteiger partial charge in [-0.2, -0.15) is 5.26 Å². The lowest BCUT2D eigenvalue weighted by molar-refractivity contribution is -0.139. The lowest BCUT2D eigenvalue weighted by atomic mass is 10.1. The third-order valence-corrected chi connectivity index (χ3v) is 2.41. The molecular formula is C12H15N3O2. The van der Waals surface area contributed by atoms with Crippen LogP contribution in [0.4, 0.5) is 0 Å². The van der Waals surface area contributed by atoms with E-state index in [1.165, 1.54) is 0 Å². The number of rotatable bonds is 6. The standard InChI is InChI=1S/C12H15N3O2/c1-2-4-10(12(16)17)15-8-9-5-3-6-14-11(9)7-13/h3,5-6,10,15H,2,4,8H2,1H3,(H,16,17). The Morgan fingerprint density at radius 2 is 2.47 bits per heavy atom. The van der Waals surface area contributed by atoms with Crippen LogP contribution in [0.25, 0.3) is 0 Å². The molecule has 0 saturated carbocycles. The quantitative estimate of drug-likeness (QED) is 0.773. The number of nitrogens with zero attached hydrogens (tertiary/aromatic N) is 2. The first kappa shape index (κ1) is 13.1. The van der Waals surface area contributed by atoms with Crippen LogP contribution in [0.3, 0.4) is 0 Å². The van der Waals surface area contributed by atoms with Crippen molar-refractivity contribution in [2.45, 2.75) is 32.4 Å². The van der Waals surface area contributed by atoms with Crippen molar-refractivity contribution < 1.29 is 9.90 Å². The maximum Gasteiger partial charge on any atom is 0.320 e. The summed E-state index contributed by atoms with van der Waals surface area (Å²) in [5, 5.41) is 20.7. The normalized spacial score (nSPS) is 11.8. The van der Waals surface area contributed by atoms with E-state index >= 15 is 0 Å². The number of nitriles is 1. The fraction of sp³-hybridized carbons (Fsp3) is 0.417. The minimum atomic E-state index is -0.866. The molecule has 5 heteroatoms. The van der Waals surface area contributed by atoms with Crippen LogP contribution in [0, 0.1) is 11.3 Å². The molecule has 0 radical (unpaired) electrons. The fourth-order valence-electron chi connectivity index (χ4n) is 1.52. The maximum absolute atomic E-state index is 10.9. The lowest BCUT2D eigenvalue weighted by Gasteiger charge is -2.13. The van der Waals surface area contributed by atoms with Gasteiger partial charge >= 0.3 is 5.97 Å². The number of nitrogens with one attached hydrogen (secondary N) is 1. The van der Waals surface area contributed by atoms with Gasteiger partial charge in [-0.3, -0.25) is 4.79 Å². The summed E-state index contributed by atoms with van der Waals surface area (Å²) in [5.74, 6) is -0.866. The van der Waals surface area contributed by atoms with E-state index in [1.807, 2.05) is 13.0 Å². The molecule has 0 aromatic carbocycles. The van der Waals surface area contributed by atoms with Gasteiger partial charge in [0.1, 0.15) is 17.8 Å². The third-order valence-electron chi connectivity index (χ3n) is 2.41. The monoisotopic (exact) mass is 233 g/mol. The Morgan fingerprint density at radius 3 is 3.06 bits per heavy atom. The average Bonchev–Trinajstić information content (AvgIpc) is 2.34. The zero-order valence-corrected chi connectivity index (χ0v) is 9.68. The molecule has 1 rings (SSSR count). The summed E-state index contributed by atoms with van der Waals surface area (Å²) in [7, 11) is 0. The zero-order valence-electron chi connectivity index (χ0n) is 9.68. The molecule has 2 N–H and O–H groups in total. The van der Waals surface area contributed by atoms with Crippen molar-refractivity contribution in [1.29, 1.82) is 5.26 Å².